The molecular weight excluding hydrogens is 396 g/mol. The van der Waals surface area contributed by atoms with Crippen molar-refractivity contribution in [3.63, 3.8) is 0 Å². The number of piperidine rings is 1. The van der Waals surface area contributed by atoms with E-state index in [4.69, 9.17) is 11.6 Å². The van der Waals surface area contributed by atoms with E-state index in [9.17, 15) is 9.59 Å². The van der Waals surface area contributed by atoms with Crippen molar-refractivity contribution in [2.24, 2.45) is 11.8 Å². The standard InChI is InChI=1S/C25H29ClN2O2/c1-16-6-5-9-18(12-16)25-24(20-11-10-19(26)13-22(20)27-15-29)21(14-23(30)28-25)17-7-3-2-4-8-17/h5-6,9-13,15,17,21,24-25H,2-4,7-8,14H2,1H3,(H,27,29)(H,28,30). The van der Waals surface area contributed by atoms with Gasteiger partial charge in [0.15, 0.2) is 0 Å². The van der Waals surface area contributed by atoms with Crippen LogP contribution in [0.25, 0.3) is 0 Å². The molecule has 5 heteroatoms. The quantitative estimate of drug-likeness (QED) is 0.599. The minimum absolute atomic E-state index is 0.0762. The summed E-state index contributed by atoms with van der Waals surface area (Å²) < 4.78 is 0. The van der Waals surface area contributed by atoms with Crippen LogP contribution >= 0.6 is 11.6 Å². The largest absolute Gasteiger partial charge is 0.349 e. The van der Waals surface area contributed by atoms with Crippen LogP contribution in [0.2, 0.25) is 5.02 Å². The zero-order valence-corrected chi connectivity index (χ0v) is 18.1. The first-order valence-electron chi connectivity index (χ1n) is 10.9. The molecular formula is C25H29ClN2O2. The summed E-state index contributed by atoms with van der Waals surface area (Å²) in [6, 6.07) is 14.0. The summed E-state index contributed by atoms with van der Waals surface area (Å²) >= 11 is 6.25. The third-order valence-corrected chi connectivity index (χ3v) is 7.04. The maximum atomic E-state index is 12.8. The summed E-state index contributed by atoms with van der Waals surface area (Å²) in [5.74, 6) is 0.944. The summed E-state index contributed by atoms with van der Waals surface area (Å²) in [6.45, 7) is 2.07. The normalized spacial score (nSPS) is 24.9. The minimum atomic E-state index is -0.133. The Bertz CT molecular complexity index is 923. The van der Waals surface area contributed by atoms with Gasteiger partial charge in [-0.2, -0.15) is 0 Å². The second-order valence-electron chi connectivity index (χ2n) is 8.74. The van der Waals surface area contributed by atoms with Gasteiger partial charge in [-0.05, 0) is 42.0 Å². The van der Waals surface area contributed by atoms with Crippen LogP contribution in [0.15, 0.2) is 42.5 Å². The number of hydrogen-bond acceptors (Lipinski definition) is 2. The number of halogens is 1. The third-order valence-electron chi connectivity index (χ3n) is 6.80. The summed E-state index contributed by atoms with van der Waals surface area (Å²) in [6.07, 6.45) is 7.29. The van der Waals surface area contributed by atoms with Crippen molar-refractivity contribution in [3.8, 4) is 0 Å². The van der Waals surface area contributed by atoms with Gasteiger partial charge in [0.1, 0.15) is 0 Å². The number of nitrogens with one attached hydrogen (secondary N) is 2. The van der Waals surface area contributed by atoms with Crippen LogP contribution in [-0.4, -0.2) is 12.3 Å². The monoisotopic (exact) mass is 424 g/mol. The van der Waals surface area contributed by atoms with Crippen LogP contribution in [0.3, 0.4) is 0 Å². The van der Waals surface area contributed by atoms with Crippen molar-refractivity contribution >= 4 is 29.6 Å². The van der Waals surface area contributed by atoms with Gasteiger partial charge >= 0.3 is 0 Å². The van der Waals surface area contributed by atoms with E-state index in [0.29, 0.717) is 23.8 Å². The number of amides is 2. The molecule has 0 aromatic heterocycles. The maximum absolute atomic E-state index is 12.8. The van der Waals surface area contributed by atoms with E-state index >= 15 is 0 Å². The molecule has 0 bridgehead atoms. The van der Waals surface area contributed by atoms with Crippen molar-refractivity contribution in [2.45, 2.75) is 57.4 Å². The van der Waals surface area contributed by atoms with Crippen molar-refractivity contribution < 1.29 is 9.59 Å². The Morgan fingerprint density at radius 3 is 2.63 bits per heavy atom. The van der Waals surface area contributed by atoms with Gasteiger partial charge in [-0.1, -0.05) is 79.6 Å². The van der Waals surface area contributed by atoms with E-state index in [0.717, 1.165) is 16.8 Å². The molecule has 4 nitrogen and oxygen atoms in total. The van der Waals surface area contributed by atoms with Crippen molar-refractivity contribution in [2.75, 3.05) is 5.32 Å². The average molecular weight is 425 g/mol. The Morgan fingerprint density at radius 2 is 1.90 bits per heavy atom. The molecule has 2 aromatic rings. The van der Waals surface area contributed by atoms with Gasteiger partial charge in [0.2, 0.25) is 12.3 Å². The average Bonchev–Trinajstić information content (AvgIpc) is 2.75. The molecule has 0 spiro atoms. The van der Waals surface area contributed by atoms with Crippen molar-refractivity contribution in [1.82, 2.24) is 5.32 Å². The van der Waals surface area contributed by atoms with Crippen molar-refractivity contribution in [3.05, 3.63) is 64.2 Å². The van der Waals surface area contributed by atoms with E-state index in [1.165, 1.54) is 37.7 Å². The molecule has 0 radical (unpaired) electrons. The van der Waals surface area contributed by atoms with Gasteiger partial charge in [0, 0.05) is 23.0 Å². The highest BCUT2D eigenvalue weighted by Gasteiger charge is 2.43. The first kappa shape index (κ1) is 20.9. The Morgan fingerprint density at radius 1 is 1.10 bits per heavy atom. The van der Waals surface area contributed by atoms with Gasteiger partial charge in [-0.3, -0.25) is 9.59 Å². The van der Waals surface area contributed by atoms with Gasteiger partial charge in [0.25, 0.3) is 0 Å². The molecule has 30 heavy (non-hydrogen) atoms. The summed E-state index contributed by atoms with van der Waals surface area (Å²) in [5.41, 5.74) is 4.06. The van der Waals surface area contributed by atoms with E-state index < -0.39 is 0 Å². The summed E-state index contributed by atoms with van der Waals surface area (Å²) in [7, 11) is 0. The van der Waals surface area contributed by atoms with E-state index in [2.05, 4.69) is 35.8 Å². The fourth-order valence-corrected chi connectivity index (χ4v) is 5.68. The zero-order valence-electron chi connectivity index (χ0n) is 17.4. The predicted molar refractivity (Wildman–Crippen MR) is 121 cm³/mol. The molecule has 2 aliphatic rings. The fraction of sp³-hybridized carbons (Fsp3) is 0.440. The molecule has 1 saturated carbocycles. The molecule has 1 aliphatic heterocycles. The first-order chi connectivity index (χ1) is 14.6. The summed E-state index contributed by atoms with van der Waals surface area (Å²) in [4.78, 5) is 24.2. The van der Waals surface area contributed by atoms with Crippen molar-refractivity contribution in [1.29, 1.82) is 0 Å². The third kappa shape index (κ3) is 4.39. The molecule has 4 rings (SSSR count). The highest BCUT2D eigenvalue weighted by atomic mass is 35.5. The number of carbonyl (C=O) groups is 2. The van der Waals surface area contributed by atoms with E-state index in [1.807, 2.05) is 24.3 Å². The highest BCUT2D eigenvalue weighted by Crippen LogP contribution is 2.50. The summed E-state index contributed by atoms with van der Waals surface area (Å²) in [5, 5.41) is 6.72. The number of rotatable bonds is 5. The molecule has 2 fully saturated rings. The SMILES string of the molecule is Cc1cccc(C2NC(=O)CC(C3CCCCC3)C2c2ccc(Cl)cc2NC=O)c1. The first-order valence-corrected chi connectivity index (χ1v) is 11.3. The second-order valence-corrected chi connectivity index (χ2v) is 9.18. The molecule has 2 aromatic carbocycles. The van der Waals surface area contributed by atoms with Gasteiger partial charge in [-0.15, -0.1) is 0 Å². The Labute approximate surface area is 183 Å². The number of anilines is 1. The number of carbonyl (C=O) groups excluding carboxylic acids is 2. The lowest BCUT2D eigenvalue weighted by Crippen LogP contribution is -2.45. The molecule has 3 unspecified atom stereocenters. The number of hydrogen-bond donors (Lipinski definition) is 2. The molecule has 2 amide bonds. The number of aryl methyl sites for hydroxylation is 1. The zero-order chi connectivity index (χ0) is 21.1. The Kier molecular flexibility index (Phi) is 6.43. The minimum Gasteiger partial charge on any atom is -0.349 e. The topological polar surface area (TPSA) is 58.2 Å². The molecule has 1 saturated heterocycles. The van der Waals surface area contributed by atoms with Gasteiger partial charge in [-0.25, -0.2) is 0 Å². The van der Waals surface area contributed by atoms with Crippen LogP contribution in [0.5, 0.6) is 0 Å². The molecule has 158 valence electrons. The van der Waals surface area contributed by atoms with Crippen LogP contribution in [0.1, 0.15) is 67.2 Å². The van der Waals surface area contributed by atoms with E-state index in [-0.39, 0.29) is 23.8 Å². The maximum Gasteiger partial charge on any atom is 0.220 e. The molecule has 3 atom stereocenters. The van der Waals surface area contributed by atoms with Gasteiger partial charge in [0.05, 0.1) is 6.04 Å². The lowest BCUT2D eigenvalue weighted by atomic mass is 9.65. The van der Waals surface area contributed by atoms with Crippen LogP contribution < -0.4 is 10.6 Å². The Hall–Kier alpha value is -2.33. The highest BCUT2D eigenvalue weighted by molar-refractivity contribution is 6.30. The Balaban J connectivity index is 1.83. The second kappa shape index (κ2) is 9.22. The molecule has 1 heterocycles. The van der Waals surface area contributed by atoms with E-state index in [1.54, 1.807) is 0 Å². The van der Waals surface area contributed by atoms with Crippen LogP contribution in [0, 0.1) is 18.8 Å². The lowest BCUT2D eigenvalue weighted by Gasteiger charge is -2.44. The number of benzene rings is 2. The van der Waals surface area contributed by atoms with Crippen LogP contribution in [-0.2, 0) is 9.59 Å². The molecule has 2 N–H and O–H groups in total. The lowest BCUT2D eigenvalue weighted by molar-refractivity contribution is -0.126. The smallest absolute Gasteiger partial charge is 0.220 e. The fourth-order valence-electron chi connectivity index (χ4n) is 5.50. The van der Waals surface area contributed by atoms with Crippen LogP contribution in [0.4, 0.5) is 5.69 Å². The predicted octanol–water partition coefficient (Wildman–Crippen LogP) is 5.76. The van der Waals surface area contributed by atoms with Gasteiger partial charge < -0.3 is 10.6 Å². The molecule has 1 aliphatic carbocycles.